The molecule has 2 rings (SSSR count). The van der Waals surface area contributed by atoms with Crippen LogP contribution in [0.3, 0.4) is 0 Å². The Morgan fingerprint density at radius 1 is 1.32 bits per heavy atom. The lowest BCUT2D eigenvalue weighted by Gasteiger charge is -2.15. The lowest BCUT2D eigenvalue weighted by molar-refractivity contribution is -0.121. The zero-order valence-electron chi connectivity index (χ0n) is 9.94. The maximum absolute atomic E-state index is 12.2. The molecule has 0 bridgehead atoms. The summed E-state index contributed by atoms with van der Waals surface area (Å²) >= 11 is 13.1. The van der Waals surface area contributed by atoms with E-state index in [9.17, 15) is 9.59 Å². The minimum Gasteiger partial charge on any atom is -0.330 e. The highest BCUT2D eigenvalue weighted by Crippen LogP contribution is 2.33. The molecule has 0 aromatic heterocycles. The Labute approximate surface area is 125 Å². The van der Waals surface area contributed by atoms with Gasteiger partial charge in [0.05, 0.1) is 21.0 Å². The third kappa shape index (κ3) is 3.05. The van der Waals surface area contributed by atoms with Crippen molar-refractivity contribution in [1.82, 2.24) is 0 Å². The summed E-state index contributed by atoms with van der Waals surface area (Å²) in [7, 11) is 0. The third-order valence-electron chi connectivity index (χ3n) is 2.70. The largest absolute Gasteiger partial charge is 0.330 e. The van der Waals surface area contributed by atoms with Crippen molar-refractivity contribution in [1.29, 1.82) is 0 Å². The molecule has 0 unspecified atom stereocenters. The highest BCUT2D eigenvalue weighted by atomic mass is 35.5. The van der Waals surface area contributed by atoms with Gasteiger partial charge in [-0.05, 0) is 18.2 Å². The van der Waals surface area contributed by atoms with E-state index in [0.717, 1.165) is 4.90 Å². The van der Waals surface area contributed by atoms with Gasteiger partial charge in [-0.15, -0.1) is 11.8 Å². The third-order valence-corrected chi connectivity index (χ3v) is 4.68. The van der Waals surface area contributed by atoms with Crippen molar-refractivity contribution in [3.8, 4) is 0 Å². The Hall–Kier alpha value is -0.750. The number of hydrogen-bond donors (Lipinski definition) is 1. The summed E-state index contributed by atoms with van der Waals surface area (Å²) in [6.07, 6.45) is 0.198. The summed E-state index contributed by atoms with van der Waals surface area (Å²) in [6.45, 7) is 0.482. The number of hydrogen-bond acceptors (Lipinski definition) is 4. The molecule has 4 nitrogen and oxygen atoms in total. The van der Waals surface area contributed by atoms with Gasteiger partial charge >= 0.3 is 0 Å². The van der Waals surface area contributed by atoms with Gasteiger partial charge in [-0.3, -0.25) is 9.59 Å². The van der Waals surface area contributed by atoms with E-state index < -0.39 is 0 Å². The van der Waals surface area contributed by atoms with Crippen LogP contribution >= 0.6 is 35.0 Å². The quantitative estimate of drug-likeness (QED) is 0.865. The topological polar surface area (TPSA) is 63.4 Å². The van der Waals surface area contributed by atoms with E-state index in [0.29, 0.717) is 28.0 Å². The molecule has 1 heterocycles. The van der Waals surface area contributed by atoms with E-state index in [1.807, 2.05) is 0 Å². The van der Waals surface area contributed by atoms with Crippen LogP contribution in [0.1, 0.15) is 6.42 Å². The van der Waals surface area contributed by atoms with Crippen molar-refractivity contribution >= 4 is 52.5 Å². The van der Waals surface area contributed by atoms with E-state index in [1.165, 1.54) is 17.8 Å². The first kappa shape index (κ1) is 14.7. The molecule has 1 saturated heterocycles. The van der Waals surface area contributed by atoms with E-state index in [4.69, 9.17) is 28.9 Å². The maximum atomic E-state index is 12.2. The minimum atomic E-state index is -0.356. The minimum absolute atomic E-state index is 0.198. The number of carbonyl (C=O) groups excluding carboxylic acids is 2. The second-order valence-corrected chi connectivity index (χ2v) is 6.14. The first-order valence-corrected chi connectivity index (χ1v) is 7.48. The van der Waals surface area contributed by atoms with E-state index >= 15 is 0 Å². The molecule has 1 aromatic carbocycles. The van der Waals surface area contributed by atoms with E-state index in [1.54, 1.807) is 12.1 Å². The highest BCUT2D eigenvalue weighted by Gasteiger charge is 2.39. The second kappa shape index (κ2) is 6.13. The predicted molar refractivity (Wildman–Crippen MR) is 78.9 cm³/mol. The van der Waals surface area contributed by atoms with Gasteiger partial charge in [0, 0.05) is 18.7 Å². The average Bonchev–Trinajstić information content (AvgIpc) is 2.65. The molecule has 2 amide bonds. The lowest BCUT2D eigenvalue weighted by atomic mass is 10.3. The number of nitrogens with zero attached hydrogens (tertiary/aromatic N) is 1. The second-order valence-electron chi connectivity index (χ2n) is 4.02. The van der Waals surface area contributed by atoms with Gasteiger partial charge in [0.15, 0.2) is 0 Å². The Morgan fingerprint density at radius 2 is 2.05 bits per heavy atom. The zero-order valence-corrected chi connectivity index (χ0v) is 12.3. The molecule has 0 spiro atoms. The van der Waals surface area contributed by atoms with E-state index in [-0.39, 0.29) is 23.5 Å². The smallest absolute Gasteiger partial charge is 0.247 e. The number of imide groups is 1. The maximum Gasteiger partial charge on any atom is 0.247 e. The van der Waals surface area contributed by atoms with Crippen molar-refractivity contribution in [3.05, 3.63) is 28.2 Å². The van der Waals surface area contributed by atoms with Crippen molar-refractivity contribution in [2.45, 2.75) is 11.7 Å². The average molecular weight is 319 g/mol. The van der Waals surface area contributed by atoms with Crippen LogP contribution in [0.5, 0.6) is 0 Å². The molecule has 19 heavy (non-hydrogen) atoms. The van der Waals surface area contributed by atoms with Gasteiger partial charge in [-0.1, -0.05) is 23.2 Å². The summed E-state index contributed by atoms with van der Waals surface area (Å²) in [5.74, 6) is 0.207. The number of anilines is 1. The fourth-order valence-electron chi connectivity index (χ4n) is 1.84. The van der Waals surface area contributed by atoms with Crippen LogP contribution in [-0.2, 0) is 9.59 Å². The normalized spacial score (nSPS) is 19.3. The summed E-state index contributed by atoms with van der Waals surface area (Å²) in [4.78, 5) is 25.3. The number of carbonyl (C=O) groups is 2. The molecular formula is C12H12Cl2N2O2S. The fourth-order valence-corrected chi connectivity index (χ4v) is 3.06. The Kier molecular flexibility index (Phi) is 4.73. The van der Waals surface area contributed by atoms with Gasteiger partial charge in [-0.25, -0.2) is 4.90 Å². The Bertz CT molecular complexity index is 524. The van der Waals surface area contributed by atoms with Crippen LogP contribution in [0.2, 0.25) is 10.0 Å². The monoisotopic (exact) mass is 318 g/mol. The number of halogens is 2. The highest BCUT2D eigenvalue weighted by molar-refractivity contribution is 8.00. The zero-order chi connectivity index (χ0) is 14.0. The summed E-state index contributed by atoms with van der Waals surface area (Å²) in [6, 6.07) is 4.70. The van der Waals surface area contributed by atoms with Crippen LogP contribution in [0.15, 0.2) is 18.2 Å². The molecule has 2 N–H and O–H groups in total. The number of amides is 2. The van der Waals surface area contributed by atoms with Gasteiger partial charge in [-0.2, -0.15) is 0 Å². The molecule has 1 aliphatic heterocycles. The number of rotatable bonds is 4. The van der Waals surface area contributed by atoms with Gasteiger partial charge in [0.2, 0.25) is 11.8 Å². The van der Waals surface area contributed by atoms with Gasteiger partial charge < -0.3 is 5.73 Å². The number of nitrogens with two attached hydrogens (primary N) is 1. The van der Waals surface area contributed by atoms with Crippen molar-refractivity contribution in [2.75, 3.05) is 17.2 Å². The molecule has 7 heteroatoms. The predicted octanol–water partition coefficient (Wildman–Crippen LogP) is 2.32. The van der Waals surface area contributed by atoms with Crippen LogP contribution in [0.25, 0.3) is 0 Å². The van der Waals surface area contributed by atoms with Crippen molar-refractivity contribution in [3.63, 3.8) is 0 Å². The summed E-state index contributed by atoms with van der Waals surface area (Å²) in [5, 5.41) is 0.349. The first-order valence-electron chi connectivity index (χ1n) is 5.68. The molecule has 0 aliphatic carbocycles. The first-order chi connectivity index (χ1) is 9.04. The van der Waals surface area contributed by atoms with Gasteiger partial charge in [0.1, 0.15) is 0 Å². The molecule has 0 saturated carbocycles. The lowest BCUT2D eigenvalue weighted by Crippen LogP contribution is -2.31. The van der Waals surface area contributed by atoms with Crippen LogP contribution < -0.4 is 10.6 Å². The molecule has 1 aliphatic rings. The Balaban J connectivity index is 2.22. The molecule has 1 fully saturated rings. The summed E-state index contributed by atoms with van der Waals surface area (Å²) in [5.41, 5.74) is 5.86. The van der Waals surface area contributed by atoms with Gasteiger partial charge in [0.25, 0.3) is 0 Å². The van der Waals surface area contributed by atoms with Crippen molar-refractivity contribution < 1.29 is 9.59 Å². The SMILES string of the molecule is NCCS[C@H]1CC(=O)N(c2ccc(Cl)c(Cl)c2)C1=O. The number of thioether (sulfide) groups is 1. The van der Waals surface area contributed by atoms with Crippen LogP contribution in [0.4, 0.5) is 5.69 Å². The standard InChI is InChI=1S/C12H12Cl2N2O2S/c13-8-2-1-7(5-9(8)14)16-11(17)6-10(12(16)18)19-4-3-15/h1-2,5,10H,3-4,6,15H2/t10-/m0/s1. The molecule has 1 atom stereocenters. The van der Waals surface area contributed by atoms with Crippen LogP contribution in [0, 0.1) is 0 Å². The van der Waals surface area contributed by atoms with Crippen molar-refractivity contribution in [2.24, 2.45) is 5.73 Å². The Morgan fingerprint density at radius 3 is 2.68 bits per heavy atom. The molecule has 102 valence electrons. The van der Waals surface area contributed by atoms with Crippen LogP contribution in [-0.4, -0.2) is 29.4 Å². The van der Waals surface area contributed by atoms with E-state index in [2.05, 4.69) is 0 Å². The fraction of sp³-hybridized carbons (Fsp3) is 0.333. The number of benzene rings is 1. The molecular weight excluding hydrogens is 307 g/mol. The summed E-state index contributed by atoms with van der Waals surface area (Å²) < 4.78 is 0. The molecule has 1 aromatic rings. The molecule has 0 radical (unpaired) electrons.